The Bertz CT molecular complexity index is 661. The van der Waals surface area contributed by atoms with E-state index in [9.17, 15) is 0 Å². The lowest BCUT2D eigenvalue weighted by atomic mass is 10.3. The van der Waals surface area contributed by atoms with E-state index in [1.54, 1.807) is 6.20 Å². The van der Waals surface area contributed by atoms with Gasteiger partial charge >= 0.3 is 6.01 Å². The second kappa shape index (κ2) is 8.30. The Hall–Kier alpha value is -2.61. The lowest BCUT2D eigenvalue weighted by Crippen LogP contribution is -2.37. The highest BCUT2D eigenvalue weighted by Gasteiger charge is 2.15. The van der Waals surface area contributed by atoms with Crippen LogP contribution in [0.4, 0.5) is 5.82 Å². The predicted molar refractivity (Wildman–Crippen MR) is 87.4 cm³/mol. The standard InChI is InChI=1S/C16H20N6O2/c17-19-12-14-11-15(22-6-9-23-10-7-22)21-16(20-14)24-8-4-13-3-1-2-5-18-13/h1-3,5,11,17H,4,6-10,12H2. The molecule has 0 aromatic carbocycles. The summed E-state index contributed by atoms with van der Waals surface area (Å²) >= 11 is 0. The third kappa shape index (κ3) is 4.45. The molecular formula is C16H20N6O2. The third-order valence-corrected chi connectivity index (χ3v) is 3.64. The van der Waals surface area contributed by atoms with Crippen LogP contribution in [-0.4, -0.2) is 47.9 Å². The number of nitrogens with one attached hydrogen (secondary N) is 1. The number of morpholine rings is 1. The van der Waals surface area contributed by atoms with E-state index in [2.05, 4.69) is 25.0 Å². The molecule has 126 valence electrons. The summed E-state index contributed by atoms with van der Waals surface area (Å²) in [5, 5.41) is 3.41. The first-order chi connectivity index (χ1) is 11.8. The number of rotatable bonds is 7. The first-order valence-corrected chi connectivity index (χ1v) is 7.92. The zero-order valence-corrected chi connectivity index (χ0v) is 13.4. The van der Waals surface area contributed by atoms with Crippen LogP contribution in [0.2, 0.25) is 0 Å². The second-order valence-corrected chi connectivity index (χ2v) is 5.34. The van der Waals surface area contributed by atoms with E-state index >= 15 is 0 Å². The molecule has 8 heteroatoms. The van der Waals surface area contributed by atoms with E-state index in [0.29, 0.717) is 37.9 Å². The fourth-order valence-electron chi connectivity index (χ4n) is 2.43. The average Bonchev–Trinajstić information content (AvgIpc) is 2.63. The Morgan fingerprint density at radius 2 is 2.08 bits per heavy atom. The van der Waals surface area contributed by atoms with Crippen LogP contribution in [0.1, 0.15) is 11.4 Å². The van der Waals surface area contributed by atoms with E-state index in [4.69, 9.17) is 15.0 Å². The van der Waals surface area contributed by atoms with Crippen molar-refractivity contribution in [1.82, 2.24) is 15.0 Å². The van der Waals surface area contributed by atoms with Crippen LogP contribution in [-0.2, 0) is 17.7 Å². The molecule has 3 rings (SSSR count). The lowest BCUT2D eigenvalue weighted by Gasteiger charge is -2.28. The van der Waals surface area contributed by atoms with Crippen molar-refractivity contribution >= 4 is 5.82 Å². The molecule has 1 aliphatic rings. The van der Waals surface area contributed by atoms with Gasteiger partial charge < -0.3 is 14.4 Å². The topological polar surface area (TPSA) is 96.6 Å². The van der Waals surface area contributed by atoms with Crippen LogP contribution >= 0.6 is 0 Å². The van der Waals surface area contributed by atoms with Gasteiger partial charge in [0.1, 0.15) is 12.4 Å². The highest BCUT2D eigenvalue weighted by atomic mass is 16.5. The zero-order valence-electron chi connectivity index (χ0n) is 13.4. The second-order valence-electron chi connectivity index (χ2n) is 5.34. The van der Waals surface area contributed by atoms with E-state index in [-0.39, 0.29) is 6.54 Å². The molecule has 24 heavy (non-hydrogen) atoms. The first kappa shape index (κ1) is 16.3. The van der Waals surface area contributed by atoms with Crippen LogP contribution in [0.15, 0.2) is 35.6 Å². The minimum atomic E-state index is 0.219. The van der Waals surface area contributed by atoms with Crippen molar-refractivity contribution in [2.45, 2.75) is 13.0 Å². The Kier molecular flexibility index (Phi) is 5.62. The van der Waals surface area contributed by atoms with Gasteiger partial charge in [-0.25, -0.2) is 5.53 Å². The maximum atomic E-state index is 7.06. The molecule has 1 saturated heterocycles. The maximum absolute atomic E-state index is 7.06. The first-order valence-electron chi connectivity index (χ1n) is 7.92. The number of ether oxygens (including phenoxy) is 2. The van der Waals surface area contributed by atoms with Crippen LogP contribution in [0.3, 0.4) is 0 Å². The minimum Gasteiger partial charge on any atom is -0.463 e. The van der Waals surface area contributed by atoms with Gasteiger partial charge in [0.05, 0.1) is 25.5 Å². The van der Waals surface area contributed by atoms with Crippen molar-refractivity contribution < 1.29 is 9.47 Å². The molecule has 0 amide bonds. The molecule has 1 aliphatic heterocycles. The van der Waals surface area contributed by atoms with Gasteiger partial charge in [-0.3, -0.25) is 4.98 Å². The van der Waals surface area contributed by atoms with Gasteiger partial charge in [0.15, 0.2) is 0 Å². The third-order valence-electron chi connectivity index (χ3n) is 3.64. The smallest absolute Gasteiger partial charge is 0.318 e. The maximum Gasteiger partial charge on any atom is 0.318 e. The summed E-state index contributed by atoms with van der Waals surface area (Å²) in [5.74, 6) is 0.791. The number of aromatic nitrogens is 3. The van der Waals surface area contributed by atoms with Gasteiger partial charge in [-0.1, -0.05) is 6.07 Å². The molecule has 1 N–H and O–H groups in total. The highest BCUT2D eigenvalue weighted by Crippen LogP contribution is 2.18. The van der Waals surface area contributed by atoms with Crippen LogP contribution in [0.25, 0.3) is 0 Å². The lowest BCUT2D eigenvalue weighted by molar-refractivity contribution is 0.122. The quantitative estimate of drug-likeness (QED) is 0.779. The summed E-state index contributed by atoms with van der Waals surface area (Å²) < 4.78 is 11.1. The molecule has 3 heterocycles. The molecular weight excluding hydrogens is 308 g/mol. The zero-order chi connectivity index (χ0) is 16.6. The van der Waals surface area contributed by atoms with Crippen molar-refractivity contribution in [3.63, 3.8) is 0 Å². The summed E-state index contributed by atoms with van der Waals surface area (Å²) in [6.07, 6.45) is 2.45. The molecule has 2 aromatic heterocycles. The number of hydrogen-bond donors (Lipinski definition) is 1. The van der Waals surface area contributed by atoms with Crippen molar-refractivity contribution in [3.8, 4) is 6.01 Å². The summed E-state index contributed by atoms with van der Waals surface area (Å²) in [7, 11) is 0. The summed E-state index contributed by atoms with van der Waals surface area (Å²) in [6, 6.07) is 7.96. The fraction of sp³-hybridized carbons (Fsp3) is 0.438. The number of nitrogens with zero attached hydrogens (tertiary/aromatic N) is 5. The van der Waals surface area contributed by atoms with E-state index in [0.717, 1.165) is 24.6 Å². The van der Waals surface area contributed by atoms with Gasteiger partial charge in [-0.05, 0) is 12.1 Å². The largest absolute Gasteiger partial charge is 0.463 e. The Labute approximate surface area is 140 Å². The summed E-state index contributed by atoms with van der Waals surface area (Å²) in [6.45, 7) is 3.58. The van der Waals surface area contributed by atoms with Gasteiger partial charge in [0, 0.05) is 37.5 Å². The number of pyridine rings is 1. The molecule has 0 spiro atoms. The van der Waals surface area contributed by atoms with E-state index in [1.807, 2.05) is 24.3 Å². The van der Waals surface area contributed by atoms with E-state index in [1.165, 1.54) is 0 Å². The SMILES string of the molecule is N=NCc1cc(N2CCOCC2)nc(OCCc2ccccn2)n1. The molecule has 0 bridgehead atoms. The van der Waals surface area contributed by atoms with E-state index < -0.39 is 0 Å². The molecule has 0 saturated carbocycles. The molecule has 0 radical (unpaired) electrons. The van der Waals surface area contributed by atoms with Crippen LogP contribution in [0.5, 0.6) is 6.01 Å². The summed E-state index contributed by atoms with van der Waals surface area (Å²) in [4.78, 5) is 15.2. The Balaban J connectivity index is 1.68. The Morgan fingerprint density at radius 1 is 1.21 bits per heavy atom. The van der Waals surface area contributed by atoms with Crippen LogP contribution in [0, 0.1) is 5.53 Å². The highest BCUT2D eigenvalue weighted by molar-refractivity contribution is 5.41. The van der Waals surface area contributed by atoms with Gasteiger partial charge in [0.25, 0.3) is 0 Å². The van der Waals surface area contributed by atoms with Crippen molar-refractivity contribution in [2.24, 2.45) is 5.11 Å². The molecule has 2 aromatic rings. The van der Waals surface area contributed by atoms with Crippen LogP contribution < -0.4 is 9.64 Å². The van der Waals surface area contributed by atoms with Crippen molar-refractivity contribution in [1.29, 1.82) is 5.53 Å². The van der Waals surface area contributed by atoms with Gasteiger partial charge in [0.2, 0.25) is 0 Å². The summed E-state index contributed by atoms with van der Waals surface area (Å²) in [5.41, 5.74) is 8.69. The Morgan fingerprint density at radius 3 is 2.83 bits per heavy atom. The average molecular weight is 328 g/mol. The monoisotopic (exact) mass is 328 g/mol. The minimum absolute atomic E-state index is 0.219. The van der Waals surface area contributed by atoms with Crippen molar-refractivity contribution in [3.05, 3.63) is 41.9 Å². The number of hydrogen-bond acceptors (Lipinski definition) is 8. The normalized spacial score (nSPS) is 14.4. The van der Waals surface area contributed by atoms with Gasteiger partial charge in [-0.15, -0.1) is 0 Å². The van der Waals surface area contributed by atoms with Gasteiger partial charge in [-0.2, -0.15) is 15.1 Å². The molecule has 0 atom stereocenters. The molecule has 8 nitrogen and oxygen atoms in total. The molecule has 0 unspecified atom stereocenters. The molecule has 0 aliphatic carbocycles. The predicted octanol–water partition coefficient (Wildman–Crippen LogP) is 1.86. The number of anilines is 1. The fourth-order valence-corrected chi connectivity index (χ4v) is 2.43. The van der Waals surface area contributed by atoms with Crippen molar-refractivity contribution in [2.75, 3.05) is 37.8 Å². The molecule has 1 fully saturated rings.